The zero-order valence-corrected chi connectivity index (χ0v) is 7.10. The maximum absolute atomic E-state index is 5.37. The van der Waals surface area contributed by atoms with Crippen molar-refractivity contribution in [3.8, 4) is 11.6 Å². The lowest BCUT2D eigenvalue weighted by molar-refractivity contribution is 0.662. The quantitative estimate of drug-likeness (QED) is 0.657. The predicted molar refractivity (Wildman–Crippen MR) is 45.5 cm³/mol. The maximum atomic E-state index is 5.37. The Bertz CT molecular complexity index is 401. The van der Waals surface area contributed by atoms with Gasteiger partial charge >= 0.3 is 0 Å². The first-order chi connectivity index (χ1) is 6.31. The van der Waals surface area contributed by atoms with E-state index < -0.39 is 0 Å². The molecule has 0 amide bonds. The van der Waals surface area contributed by atoms with Gasteiger partial charge in [0.15, 0.2) is 11.6 Å². The molecule has 0 atom stereocenters. The first-order valence-corrected chi connectivity index (χ1v) is 3.87. The molecule has 2 aromatic rings. The second kappa shape index (κ2) is 2.85. The summed E-state index contributed by atoms with van der Waals surface area (Å²) >= 11 is 0. The number of anilines is 1. The minimum Gasteiger partial charge on any atom is -0.366 e. The van der Waals surface area contributed by atoms with E-state index in [4.69, 9.17) is 5.73 Å². The Labute approximate surface area is 74.0 Å². The lowest BCUT2D eigenvalue weighted by Crippen LogP contribution is -2.00. The number of nitrogens with two attached hydrogens (primary N) is 1. The van der Waals surface area contributed by atoms with E-state index in [2.05, 4.69) is 25.3 Å². The van der Waals surface area contributed by atoms with Crippen molar-refractivity contribution in [2.45, 2.75) is 13.5 Å². The normalized spacial score (nSPS) is 10.5. The molecule has 0 fully saturated rings. The van der Waals surface area contributed by atoms with Crippen LogP contribution in [0, 0.1) is 0 Å². The van der Waals surface area contributed by atoms with Crippen LogP contribution in [-0.4, -0.2) is 29.9 Å². The number of rotatable bonds is 2. The average molecular weight is 179 g/mol. The highest BCUT2D eigenvalue weighted by Crippen LogP contribution is 2.10. The van der Waals surface area contributed by atoms with Gasteiger partial charge in [-0.1, -0.05) is 0 Å². The van der Waals surface area contributed by atoms with Gasteiger partial charge in [0.1, 0.15) is 6.33 Å². The highest BCUT2D eigenvalue weighted by Gasteiger charge is 2.09. The van der Waals surface area contributed by atoms with E-state index in [0.717, 1.165) is 6.54 Å². The van der Waals surface area contributed by atoms with Crippen LogP contribution < -0.4 is 5.73 Å². The number of aromatic amines is 1. The Morgan fingerprint density at radius 3 is 3.08 bits per heavy atom. The van der Waals surface area contributed by atoms with Crippen LogP contribution in [0.2, 0.25) is 0 Å². The van der Waals surface area contributed by atoms with Crippen molar-refractivity contribution >= 4 is 5.95 Å². The second-order valence-electron chi connectivity index (χ2n) is 2.44. The summed E-state index contributed by atoms with van der Waals surface area (Å²) in [5, 5.41) is 10.4. The van der Waals surface area contributed by atoms with Gasteiger partial charge in [-0.25, -0.2) is 9.67 Å². The Morgan fingerprint density at radius 2 is 2.46 bits per heavy atom. The van der Waals surface area contributed by atoms with E-state index in [1.165, 1.54) is 6.33 Å². The SMILES string of the molecule is CCn1ncnc1-c1nc(N)n[nH]1. The summed E-state index contributed by atoms with van der Waals surface area (Å²) in [4.78, 5) is 7.98. The van der Waals surface area contributed by atoms with Crippen molar-refractivity contribution in [1.29, 1.82) is 0 Å². The fraction of sp³-hybridized carbons (Fsp3) is 0.333. The summed E-state index contributed by atoms with van der Waals surface area (Å²) in [6, 6.07) is 0. The zero-order chi connectivity index (χ0) is 9.26. The number of aromatic nitrogens is 6. The number of nitrogens with one attached hydrogen (secondary N) is 1. The van der Waals surface area contributed by atoms with Gasteiger partial charge in [0.25, 0.3) is 0 Å². The standard InChI is InChI=1S/C6H9N7/c1-2-13-5(8-3-9-13)4-10-6(7)12-11-4/h3H,2H2,1H3,(H3,7,10,11,12). The van der Waals surface area contributed by atoms with Crippen LogP contribution in [0.5, 0.6) is 0 Å². The van der Waals surface area contributed by atoms with Gasteiger partial charge < -0.3 is 5.73 Å². The molecule has 0 spiro atoms. The Kier molecular flexibility index (Phi) is 1.69. The Hall–Kier alpha value is -1.92. The van der Waals surface area contributed by atoms with Gasteiger partial charge in [-0.15, -0.1) is 5.10 Å². The summed E-state index contributed by atoms with van der Waals surface area (Å²) in [6.07, 6.45) is 1.47. The van der Waals surface area contributed by atoms with Crippen LogP contribution in [-0.2, 0) is 6.54 Å². The van der Waals surface area contributed by atoms with Crippen LogP contribution in [0.3, 0.4) is 0 Å². The van der Waals surface area contributed by atoms with E-state index in [-0.39, 0.29) is 5.95 Å². The first kappa shape index (κ1) is 7.71. The number of nitrogen functional groups attached to an aromatic ring is 1. The molecule has 3 N–H and O–H groups in total. The molecule has 2 aromatic heterocycles. The molecule has 0 radical (unpaired) electrons. The van der Waals surface area contributed by atoms with Crippen LogP contribution >= 0.6 is 0 Å². The van der Waals surface area contributed by atoms with Gasteiger partial charge in [0.05, 0.1) is 0 Å². The fourth-order valence-corrected chi connectivity index (χ4v) is 1.05. The highest BCUT2D eigenvalue weighted by atomic mass is 15.4. The smallest absolute Gasteiger partial charge is 0.239 e. The molecule has 0 saturated carbocycles. The van der Waals surface area contributed by atoms with Crippen molar-refractivity contribution in [3.05, 3.63) is 6.33 Å². The number of nitrogens with zero attached hydrogens (tertiary/aromatic N) is 5. The molecule has 68 valence electrons. The van der Waals surface area contributed by atoms with Crippen molar-refractivity contribution in [2.24, 2.45) is 0 Å². The molecule has 0 bridgehead atoms. The van der Waals surface area contributed by atoms with Gasteiger partial charge in [-0.2, -0.15) is 10.1 Å². The molecule has 2 rings (SSSR count). The third-order valence-electron chi connectivity index (χ3n) is 1.63. The number of H-pyrrole nitrogens is 1. The molecule has 7 heteroatoms. The monoisotopic (exact) mass is 179 g/mol. The van der Waals surface area contributed by atoms with Crippen LogP contribution in [0.15, 0.2) is 6.33 Å². The molecule has 0 unspecified atom stereocenters. The summed E-state index contributed by atoms with van der Waals surface area (Å²) in [6.45, 7) is 2.70. The molecule has 0 aliphatic rings. The first-order valence-electron chi connectivity index (χ1n) is 3.87. The molecule has 0 saturated heterocycles. The number of hydrogen-bond donors (Lipinski definition) is 2. The number of aryl methyl sites for hydroxylation is 1. The van der Waals surface area contributed by atoms with Crippen LogP contribution in [0.1, 0.15) is 6.92 Å². The molecule has 0 aromatic carbocycles. The number of hydrogen-bond acceptors (Lipinski definition) is 5. The minimum absolute atomic E-state index is 0.209. The molecular weight excluding hydrogens is 170 g/mol. The topological polar surface area (TPSA) is 98.3 Å². The summed E-state index contributed by atoms with van der Waals surface area (Å²) in [5.41, 5.74) is 5.37. The third-order valence-corrected chi connectivity index (χ3v) is 1.63. The second-order valence-corrected chi connectivity index (χ2v) is 2.44. The lowest BCUT2D eigenvalue weighted by atomic mass is 10.5. The van der Waals surface area contributed by atoms with Gasteiger partial charge in [-0.3, -0.25) is 5.10 Å². The largest absolute Gasteiger partial charge is 0.366 e. The summed E-state index contributed by atoms with van der Waals surface area (Å²) in [7, 11) is 0. The molecule has 2 heterocycles. The predicted octanol–water partition coefficient (Wildman–Crippen LogP) is -0.335. The summed E-state index contributed by atoms with van der Waals surface area (Å²) < 4.78 is 1.71. The van der Waals surface area contributed by atoms with Crippen molar-refractivity contribution < 1.29 is 0 Å². The lowest BCUT2D eigenvalue weighted by Gasteiger charge is -1.96. The highest BCUT2D eigenvalue weighted by molar-refractivity contribution is 5.44. The van der Waals surface area contributed by atoms with E-state index in [0.29, 0.717) is 11.6 Å². The van der Waals surface area contributed by atoms with E-state index in [1.807, 2.05) is 6.92 Å². The maximum Gasteiger partial charge on any atom is 0.239 e. The van der Waals surface area contributed by atoms with Crippen molar-refractivity contribution in [2.75, 3.05) is 5.73 Å². The van der Waals surface area contributed by atoms with Crippen LogP contribution in [0.4, 0.5) is 5.95 Å². The van der Waals surface area contributed by atoms with Crippen LogP contribution in [0.25, 0.3) is 11.6 Å². The summed E-state index contributed by atoms with van der Waals surface area (Å²) in [5.74, 6) is 1.39. The molecule has 7 nitrogen and oxygen atoms in total. The van der Waals surface area contributed by atoms with E-state index in [1.54, 1.807) is 4.68 Å². The van der Waals surface area contributed by atoms with Gasteiger partial charge in [0.2, 0.25) is 5.95 Å². The van der Waals surface area contributed by atoms with E-state index >= 15 is 0 Å². The molecule has 13 heavy (non-hydrogen) atoms. The molecular formula is C6H9N7. The third kappa shape index (κ3) is 1.24. The van der Waals surface area contributed by atoms with Crippen molar-refractivity contribution in [3.63, 3.8) is 0 Å². The minimum atomic E-state index is 0.209. The molecule has 0 aliphatic carbocycles. The van der Waals surface area contributed by atoms with Crippen molar-refractivity contribution in [1.82, 2.24) is 29.9 Å². The zero-order valence-electron chi connectivity index (χ0n) is 7.10. The van der Waals surface area contributed by atoms with E-state index in [9.17, 15) is 0 Å². The Balaban J connectivity index is 2.45. The van der Waals surface area contributed by atoms with Gasteiger partial charge in [0, 0.05) is 6.54 Å². The van der Waals surface area contributed by atoms with Gasteiger partial charge in [-0.05, 0) is 6.92 Å². The Morgan fingerprint density at radius 1 is 1.62 bits per heavy atom. The molecule has 0 aliphatic heterocycles. The fourth-order valence-electron chi connectivity index (χ4n) is 1.05. The average Bonchev–Trinajstić information content (AvgIpc) is 2.71.